The molecule has 1 aromatic heterocycles. The molecule has 1 aliphatic rings. The van der Waals surface area contributed by atoms with Crippen LogP contribution < -0.4 is 4.74 Å². The zero-order valence-corrected chi connectivity index (χ0v) is 16.1. The lowest BCUT2D eigenvalue weighted by Crippen LogP contribution is -2.35. The summed E-state index contributed by atoms with van der Waals surface area (Å²) in [5, 5.41) is 3.11. The zero-order valence-electron chi connectivity index (χ0n) is 15.3. The van der Waals surface area contributed by atoms with E-state index in [1.54, 1.807) is 23.3 Å². The van der Waals surface area contributed by atoms with Crippen LogP contribution in [0, 0.1) is 6.92 Å². The standard InChI is InChI=1S/C19H25N3O3S/c1-15-3-5-17(6-4-15)25-13-19(23)21(2)11-16-14-26-18(20-16)12-22-7-9-24-10-8-22/h3-6,14H,7-13H2,1-2H3. The van der Waals surface area contributed by atoms with Gasteiger partial charge in [0.1, 0.15) is 10.8 Å². The summed E-state index contributed by atoms with van der Waals surface area (Å²) in [6, 6.07) is 7.69. The van der Waals surface area contributed by atoms with Crippen LogP contribution in [0.5, 0.6) is 5.75 Å². The summed E-state index contributed by atoms with van der Waals surface area (Å²) in [6.07, 6.45) is 0. The predicted molar refractivity (Wildman–Crippen MR) is 101 cm³/mol. The Morgan fingerprint density at radius 1 is 1.31 bits per heavy atom. The van der Waals surface area contributed by atoms with Gasteiger partial charge in [-0.15, -0.1) is 11.3 Å². The Hall–Kier alpha value is -1.96. The average molecular weight is 375 g/mol. The molecule has 1 fully saturated rings. The smallest absolute Gasteiger partial charge is 0.260 e. The fourth-order valence-corrected chi connectivity index (χ4v) is 3.49. The van der Waals surface area contributed by atoms with Crippen LogP contribution in [0.2, 0.25) is 0 Å². The first kappa shape index (κ1) is 18.8. The van der Waals surface area contributed by atoms with Crippen molar-refractivity contribution >= 4 is 17.2 Å². The molecule has 0 bridgehead atoms. The third-order valence-corrected chi connectivity index (χ3v) is 5.15. The van der Waals surface area contributed by atoms with Gasteiger partial charge in [0.2, 0.25) is 0 Å². The highest BCUT2D eigenvalue weighted by molar-refractivity contribution is 7.09. The molecule has 2 aromatic rings. The fourth-order valence-electron chi connectivity index (χ4n) is 2.67. The van der Waals surface area contributed by atoms with Crippen LogP contribution in [-0.2, 0) is 22.6 Å². The number of benzene rings is 1. The molecule has 3 rings (SSSR count). The highest BCUT2D eigenvalue weighted by Crippen LogP contribution is 2.15. The van der Waals surface area contributed by atoms with Gasteiger partial charge in [-0.2, -0.15) is 0 Å². The molecular weight excluding hydrogens is 350 g/mol. The van der Waals surface area contributed by atoms with Gasteiger partial charge >= 0.3 is 0 Å². The lowest BCUT2D eigenvalue weighted by molar-refractivity contribution is -0.132. The largest absolute Gasteiger partial charge is 0.484 e. The van der Waals surface area contributed by atoms with Gasteiger partial charge in [-0.25, -0.2) is 4.98 Å². The third-order valence-electron chi connectivity index (χ3n) is 4.27. The van der Waals surface area contributed by atoms with Gasteiger partial charge in [-0.3, -0.25) is 9.69 Å². The van der Waals surface area contributed by atoms with Gasteiger partial charge in [-0.05, 0) is 19.1 Å². The van der Waals surface area contributed by atoms with Crippen LogP contribution in [0.15, 0.2) is 29.6 Å². The first-order valence-electron chi connectivity index (χ1n) is 8.77. The number of thiazole rings is 1. The van der Waals surface area contributed by atoms with Gasteiger partial charge in [0.25, 0.3) is 5.91 Å². The van der Waals surface area contributed by atoms with Gasteiger partial charge in [-0.1, -0.05) is 17.7 Å². The van der Waals surface area contributed by atoms with Crippen molar-refractivity contribution in [1.82, 2.24) is 14.8 Å². The Morgan fingerprint density at radius 3 is 2.77 bits per heavy atom. The fraction of sp³-hybridized carbons (Fsp3) is 0.474. The number of nitrogens with zero attached hydrogens (tertiary/aromatic N) is 3. The minimum Gasteiger partial charge on any atom is -0.484 e. The lowest BCUT2D eigenvalue weighted by atomic mass is 10.2. The van der Waals surface area contributed by atoms with Crippen molar-refractivity contribution < 1.29 is 14.3 Å². The Kier molecular flexibility index (Phi) is 6.60. The second-order valence-electron chi connectivity index (χ2n) is 6.47. The van der Waals surface area contributed by atoms with Crippen molar-refractivity contribution in [2.24, 2.45) is 0 Å². The summed E-state index contributed by atoms with van der Waals surface area (Å²) < 4.78 is 10.9. The molecule has 0 saturated carbocycles. The number of likely N-dealkylation sites (N-methyl/N-ethyl adjacent to an activating group) is 1. The highest BCUT2D eigenvalue weighted by Gasteiger charge is 2.15. The van der Waals surface area contributed by atoms with E-state index in [9.17, 15) is 4.79 Å². The molecule has 2 heterocycles. The van der Waals surface area contributed by atoms with E-state index in [0.717, 1.165) is 49.1 Å². The number of carbonyl (C=O) groups is 1. The van der Waals surface area contributed by atoms with Crippen molar-refractivity contribution in [3.05, 3.63) is 45.9 Å². The van der Waals surface area contributed by atoms with E-state index in [-0.39, 0.29) is 12.5 Å². The number of ether oxygens (including phenoxy) is 2. The normalized spacial score (nSPS) is 15.0. The Morgan fingerprint density at radius 2 is 2.04 bits per heavy atom. The molecule has 0 atom stereocenters. The predicted octanol–water partition coefficient (Wildman–Crippen LogP) is 2.32. The number of amides is 1. The van der Waals surface area contributed by atoms with Crippen molar-refractivity contribution in [2.75, 3.05) is 40.0 Å². The topological polar surface area (TPSA) is 54.9 Å². The third kappa shape index (κ3) is 5.52. The molecule has 6 nitrogen and oxygen atoms in total. The van der Waals surface area contributed by atoms with Gasteiger partial charge in [0.05, 0.1) is 32.0 Å². The quantitative estimate of drug-likeness (QED) is 0.743. The van der Waals surface area contributed by atoms with Crippen LogP contribution in [0.25, 0.3) is 0 Å². The first-order valence-corrected chi connectivity index (χ1v) is 9.65. The molecule has 0 aliphatic carbocycles. The van der Waals surface area contributed by atoms with E-state index in [1.807, 2.05) is 36.6 Å². The summed E-state index contributed by atoms with van der Waals surface area (Å²) in [5.74, 6) is 0.645. The van der Waals surface area contributed by atoms with E-state index in [1.165, 1.54) is 0 Å². The van der Waals surface area contributed by atoms with Crippen molar-refractivity contribution in [1.29, 1.82) is 0 Å². The van der Waals surface area contributed by atoms with Crippen LogP contribution in [0.1, 0.15) is 16.3 Å². The molecule has 0 radical (unpaired) electrons. The number of hydrogen-bond acceptors (Lipinski definition) is 6. The minimum absolute atomic E-state index is 0.0321. The Bertz CT molecular complexity index is 711. The van der Waals surface area contributed by atoms with Crippen LogP contribution in [0.4, 0.5) is 0 Å². The number of aryl methyl sites for hydroxylation is 1. The Balaban J connectivity index is 1.45. The molecule has 1 aromatic carbocycles. The van der Waals surface area contributed by atoms with Crippen molar-refractivity contribution in [3.8, 4) is 5.75 Å². The van der Waals surface area contributed by atoms with Crippen LogP contribution in [0.3, 0.4) is 0 Å². The maximum atomic E-state index is 12.3. The highest BCUT2D eigenvalue weighted by atomic mass is 32.1. The zero-order chi connectivity index (χ0) is 18.4. The summed E-state index contributed by atoms with van der Waals surface area (Å²) in [7, 11) is 1.78. The molecule has 1 aliphatic heterocycles. The summed E-state index contributed by atoms with van der Waals surface area (Å²) in [6.45, 7) is 6.87. The van der Waals surface area contributed by atoms with Crippen LogP contribution in [-0.4, -0.2) is 60.6 Å². The van der Waals surface area contributed by atoms with Gasteiger partial charge in [0.15, 0.2) is 6.61 Å². The monoisotopic (exact) mass is 375 g/mol. The maximum absolute atomic E-state index is 12.3. The number of rotatable bonds is 7. The van der Waals surface area contributed by atoms with Crippen molar-refractivity contribution in [2.45, 2.75) is 20.0 Å². The van der Waals surface area contributed by atoms with E-state index >= 15 is 0 Å². The molecular formula is C19H25N3O3S. The van der Waals surface area contributed by atoms with Gasteiger partial charge in [0, 0.05) is 25.5 Å². The lowest BCUT2D eigenvalue weighted by Gasteiger charge is -2.25. The van der Waals surface area contributed by atoms with Crippen LogP contribution >= 0.6 is 11.3 Å². The number of morpholine rings is 1. The molecule has 0 N–H and O–H groups in total. The molecule has 1 saturated heterocycles. The van der Waals surface area contributed by atoms with E-state index in [0.29, 0.717) is 12.3 Å². The van der Waals surface area contributed by atoms with E-state index < -0.39 is 0 Å². The van der Waals surface area contributed by atoms with Gasteiger partial charge < -0.3 is 14.4 Å². The molecule has 26 heavy (non-hydrogen) atoms. The van der Waals surface area contributed by atoms with E-state index in [2.05, 4.69) is 9.88 Å². The molecule has 1 amide bonds. The first-order chi connectivity index (χ1) is 12.6. The minimum atomic E-state index is -0.0618. The SMILES string of the molecule is Cc1ccc(OCC(=O)N(C)Cc2csc(CN3CCOCC3)n2)cc1. The molecule has 0 unspecified atom stereocenters. The molecule has 140 valence electrons. The molecule has 7 heteroatoms. The second-order valence-corrected chi connectivity index (χ2v) is 7.42. The summed E-state index contributed by atoms with van der Waals surface area (Å²) >= 11 is 1.65. The number of carbonyl (C=O) groups excluding carboxylic acids is 1. The summed E-state index contributed by atoms with van der Waals surface area (Å²) in [4.78, 5) is 20.9. The second kappa shape index (κ2) is 9.12. The van der Waals surface area contributed by atoms with E-state index in [4.69, 9.17) is 9.47 Å². The van der Waals surface area contributed by atoms with Crippen molar-refractivity contribution in [3.63, 3.8) is 0 Å². The molecule has 0 spiro atoms. The summed E-state index contributed by atoms with van der Waals surface area (Å²) in [5.41, 5.74) is 2.08. The number of hydrogen-bond donors (Lipinski definition) is 0. The maximum Gasteiger partial charge on any atom is 0.260 e. The number of aromatic nitrogens is 1. The Labute approximate surface area is 158 Å². The average Bonchev–Trinajstić information content (AvgIpc) is 3.08.